The molecule has 0 saturated heterocycles. The zero-order valence-corrected chi connectivity index (χ0v) is 15.2. The number of benzene rings is 1. The average molecular weight is 354 g/mol. The van der Waals surface area contributed by atoms with Gasteiger partial charge in [-0.3, -0.25) is 0 Å². The van der Waals surface area contributed by atoms with Gasteiger partial charge in [-0.25, -0.2) is 13.6 Å². The monoisotopic (exact) mass is 354 g/mol. The molecule has 1 fully saturated rings. The molecule has 0 bridgehead atoms. The summed E-state index contributed by atoms with van der Waals surface area (Å²) in [4.78, 5) is 12.1. The first kappa shape index (κ1) is 19.6. The van der Waals surface area contributed by atoms with Crippen molar-refractivity contribution in [2.45, 2.75) is 77.1 Å². The summed E-state index contributed by atoms with van der Waals surface area (Å²) in [6.45, 7) is 5.69. The van der Waals surface area contributed by atoms with Crippen LogP contribution in [0.5, 0.6) is 0 Å². The molecular weight excluding hydrogens is 326 g/mol. The van der Waals surface area contributed by atoms with Gasteiger partial charge in [0.2, 0.25) is 0 Å². The molecule has 1 aromatic rings. The third-order valence-electron chi connectivity index (χ3n) is 4.28. The standard InChI is InChI=1S/C19H28F2N2O2/c1-19(2,3)25-18(24)23-17-8-6-4-5-7-16(17)22-12-13-11-14(20)9-10-15(13)21/h9-11,16-17,22H,4-8,12H2,1-3H3,(H,23,24). The van der Waals surface area contributed by atoms with E-state index in [2.05, 4.69) is 10.6 Å². The molecule has 1 aliphatic rings. The number of nitrogens with one attached hydrogen (secondary N) is 2. The van der Waals surface area contributed by atoms with Crippen molar-refractivity contribution < 1.29 is 18.3 Å². The topological polar surface area (TPSA) is 50.4 Å². The number of ether oxygens (including phenoxy) is 1. The Labute approximate surface area is 148 Å². The van der Waals surface area contributed by atoms with Crippen LogP contribution in [0.4, 0.5) is 13.6 Å². The summed E-state index contributed by atoms with van der Waals surface area (Å²) < 4.78 is 32.5. The van der Waals surface area contributed by atoms with Gasteiger partial charge in [0.25, 0.3) is 0 Å². The average Bonchev–Trinajstić information content (AvgIpc) is 2.71. The van der Waals surface area contributed by atoms with Crippen LogP contribution in [0.15, 0.2) is 18.2 Å². The maximum absolute atomic E-state index is 13.8. The van der Waals surface area contributed by atoms with Crippen LogP contribution in [-0.2, 0) is 11.3 Å². The van der Waals surface area contributed by atoms with Crippen molar-refractivity contribution >= 4 is 6.09 Å². The molecule has 6 heteroatoms. The highest BCUT2D eigenvalue weighted by Crippen LogP contribution is 2.20. The maximum atomic E-state index is 13.8. The summed E-state index contributed by atoms with van der Waals surface area (Å²) in [5.41, 5.74) is -0.261. The Morgan fingerprint density at radius 2 is 1.84 bits per heavy atom. The molecule has 2 atom stereocenters. The first-order valence-corrected chi connectivity index (χ1v) is 8.91. The van der Waals surface area contributed by atoms with Crippen LogP contribution in [0.2, 0.25) is 0 Å². The largest absolute Gasteiger partial charge is 0.444 e. The van der Waals surface area contributed by atoms with Crippen LogP contribution in [0.1, 0.15) is 58.4 Å². The second-order valence-corrected chi connectivity index (χ2v) is 7.61. The van der Waals surface area contributed by atoms with E-state index in [4.69, 9.17) is 4.74 Å². The highest BCUT2D eigenvalue weighted by molar-refractivity contribution is 5.68. The molecule has 0 radical (unpaired) electrons. The molecule has 4 nitrogen and oxygen atoms in total. The maximum Gasteiger partial charge on any atom is 0.407 e. The van der Waals surface area contributed by atoms with Crippen molar-refractivity contribution in [3.05, 3.63) is 35.4 Å². The van der Waals surface area contributed by atoms with E-state index in [1.54, 1.807) is 0 Å². The summed E-state index contributed by atoms with van der Waals surface area (Å²) in [6, 6.07) is 3.36. The lowest BCUT2D eigenvalue weighted by Gasteiger charge is -2.29. The van der Waals surface area contributed by atoms with E-state index in [0.717, 1.165) is 44.2 Å². The number of hydrogen-bond donors (Lipinski definition) is 2. The quantitative estimate of drug-likeness (QED) is 0.794. The Hall–Kier alpha value is -1.69. The van der Waals surface area contributed by atoms with Gasteiger partial charge in [-0.2, -0.15) is 0 Å². The molecule has 0 aromatic heterocycles. The van der Waals surface area contributed by atoms with E-state index in [0.29, 0.717) is 5.56 Å². The minimum absolute atomic E-state index is 0.00214. The minimum Gasteiger partial charge on any atom is -0.444 e. The number of halogens is 2. The van der Waals surface area contributed by atoms with Crippen molar-refractivity contribution in [3.8, 4) is 0 Å². The summed E-state index contributed by atoms with van der Waals surface area (Å²) in [5, 5.41) is 6.22. The highest BCUT2D eigenvalue weighted by atomic mass is 19.1. The molecule has 1 aliphatic carbocycles. The second-order valence-electron chi connectivity index (χ2n) is 7.61. The molecule has 0 aliphatic heterocycles. The van der Waals surface area contributed by atoms with E-state index in [-0.39, 0.29) is 18.6 Å². The van der Waals surface area contributed by atoms with Crippen LogP contribution in [0.3, 0.4) is 0 Å². The van der Waals surface area contributed by atoms with Crippen molar-refractivity contribution in [2.24, 2.45) is 0 Å². The first-order chi connectivity index (χ1) is 11.7. The fourth-order valence-corrected chi connectivity index (χ4v) is 3.10. The molecule has 1 saturated carbocycles. The molecule has 140 valence electrons. The summed E-state index contributed by atoms with van der Waals surface area (Å²) >= 11 is 0. The van der Waals surface area contributed by atoms with Gasteiger partial charge >= 0.3 is 6.09 Å². The number of carbonyl (C=O) groups is 1. The number of alkyl carbamates (subject to hydrolysis) is 1. The lowest BCUT2D eigenvalue weighted by molar-refractivity contribution is 0.0489. The molecule has 2 rings (SSSR count). The molecule has 0 spiro atoms. The van der Waals surface area contributed by atoms with Crippen molar-refractivity contribution in [1.82, 2.24) is 10.6 Å². The molecular formula is C19H28F2N2O2. The van der Waals surface area contributed by atoms with Crippen LogP contribution >= 0.6 is 0 Å². The molecule has 1 amide bonds. The van der Waals surface area contributed by atoms with Gasteiger partial charge in [0.05, 0.1) is 0 Å². The summed E-state index contributed by atoms with van der Waals surface area (Å²) in [6.07, 6.45) is 4.42. The van der Waals surface area contributed by atoms with Crippen LogP contribution in [-0.4, -0.2) is 23.8 Å². The SMILES string of the molecule is CC(C)(C)OC(=O)NC1CCCCCC1NCc1cc(F)ccc1F. The van der Waals surface area contributed by atoms with Gasteiger partial charge in [0, 0.05) is 24.2 Å². The van der Waals surface area contributed by atoms with Gasteiger partial charge in [-0.05, 0) is 51.8 Å². The predicted molar refractivity (Wildman–Crippen MR) is 93.2 cm³/mol. The number of hydrogen-bond acceptors (Lipinski definition) is 3. The number of carbonyl (C=O) groups excluding carboxylic acids is 1. The van der Waals surface area contributed by atoms with Crippen molar-refractivity contribution in [3.63, 3.8) is 0 Å². The second kappa shape index (κ2) is 8.61. The van der Waals surface area contributed by atoms with E-state index < -0.39 is 23.3 Å². The molecule has 2 unspecified atom stereocenters. The van der Waals surface area contributed by atoms with Gasteiger partial charge in [0.15, 0.2) is 0 Å². The summed E-state index contributed by atoms with van der Waals surface area (Å²) in [5.74, 6) is -0.887. The lowest BCUT2D eigenvalue weighted by atomic mass is 10.0. The van der Waals surface area contributed by atoms with Crippen molar-refractivity contribution in [1.29, 1.82) is 0 Å². The Kier molecular flexibility index (Phi) is 6.76. The third kappa shape index (κ3) is 6.61. The van der Waals surface area contributed by atoms with E-state index >= 15 is 0 Å². The smallest absolute Gasteiger partial charge is 0.407 e. The zero-order valence-electron chi connectivity index (χ0n) is 15.2. The number of rotatable bonds is 4. The van der Waals surface area contributed by atoms with Gasteiger partial charge in [-0.1, -0.05) is 19.3 Å². The van der Waals surface area contributed by atoms with Crippen LogP contribution < -0.4 is 10.6 Å². The Balaban J connectivity index is 1.99. The number of amides is 1. The van der Waals surface area contributed by atoms with Crippen molar-refractivity contribution in [2.75, 3.05) is 0 Å². The molecule has 0 heterocycles. The third-order valence-corrected chi connectivity index (χ3v) is 4.28. The van der Waals surface area contributed by atoms with E-state index in [9.17, 15) is 13.6 Å². The van der Waals surface area contributed by atoms with Crippen LogP contribution in [0.25, 0.3) is 0 Å². The summed E-state index contributed by atoms with van der Waals surface area (Å²) in [7, 11) is 0. The van der Waals surface area contributed by atoms with Gasteiger partial charge < -0.3 is 15.4 Å². The highest BCUT2D eigenvalue weighted by Gasteiger charge is 2.27. The van der Waals surface area contributed by atoms with E-state index in [1.807, 2.05) is 20.8 Å². The van der Waals surface area contributed by atoms with Gasteiger partial charge in [-0.15, -0.1) is 0 Å². The Morgan fingerprint density at radius 3 is 2.52 bits per heavy atom. The van der Waals surface area contributed by atoms with Crippen LogP contribution in [0, 0.1) is 11.6 Å². The van der Waals surface area contributed by atoms with Gasteiger partial charge in [0.1, 0.15) is 17.2 Å². The Bertz CT molecular complexity index is 587. The lowest BCUT2D eigenvalue weighted by Crippen LogP contribution is -2.50. The minimum atomic E-state index is -0.553. The Morgan fingerprint density at radius 1 is 1.16 bits per heavy atom. The predicted octanol–water partition coefficient (Wildman–Crippen LogP) is 4.28. The first-order valence-electron chi connectivity index (χ1n) is 8.91. The molecule has 1 aromatic carbocycles. The fraction of sp³-hybridized carbons (Fsp3) is 0.632. The van der Waals surface area contributed by atoms with E-state index in [1.165, 1.54) is 6.07 Å². The normalized spacial score (nSPS) is 21.5. The zero-order chi connectivity index (χ0) is 18.4. The fourth-order valence-electron chi connectivity index (χ4n) is 3.10. The molecule has 25 heavy (non-hydrogen) atoms. The molecule has 2 N–H and O–H groups in total.